The van der Waals surface area contributed by atoms with Crippen LogP contribution in [0.25, 0.3) is 0 Å². The molecule has 1 aliphatic rings. The molecule has 32 heavy (non-hydrogen) atoms. The largest absolute Gasteiger partial charge is 0.507 e. The Kier molecular flexibility index (Phi) is 5.07. The number of rotatable bonds is 3. The maximum absolute atomic E-state index is 12.4. The van der Waals surface area contributed by atoms with Crippen molar-refractivity contribution in [3.8, 4) is 46.0 Å². The van der Waals surface area contributed by atoms with Gasteiger partial charge in [-0.05, 0) is 29.8 Å². The lowest BCUT2D eigenvalue weighted by Crippen LogP contribution is -2.30. The van der Waals surface area contributed by atoms with Gasteiger partial charge < -0.3 is 45.2 Å². The molecular weight excluding hydrogens is 424 g/mol. The molecule has 1 unspecified atom stereocenters. The zero-order chi connectivity index (χ0) is 23.2. The Morgan fingerprint density at radius 2 is 1.53 bits per heavy atom. The maximum atomic E-state index is 12.4. The molecule has 1 heterocycles. The number of benzene rings is 3. The normalized spacial score (nSPS) is 17.3. The van der Waals surface area contributed by atoms with Gasteiger partial charge in [-0.1, -0.05) is 6.07 Å². The second-order valence-electron chi connectivity index (χ2n) is 7.23. The van der Waals surface area contributed by atoms with Crippen LogP contribution in [0.3, 0.4) is 0 Å². The number of hydrogen-bond donors (Lipinski definition) is 7. The molecule has 7 N–H and O–H groups in total. The quantitative estimate of drug-likeness (QED) is 0.181. The van der Waals surface area contributed by atoms with Gasteiger partial charge >= 0.3 is 5.97 Å². The van der Waals surface area contributed by atoms with Gasteiger partial charge in [-0.25, -0.2) is 4.79 Å². The third-order valence-corrected chi connectivity index (χ3v) is 5.02. The monoisotopic (exact) mass is 442 g/mol. The summed E-state index contributed by atoms with van der Waals surface area (Å²) < 4.78 is 11.0. The Hall–Kier alpha value is -4.31. The van der Waals surface area contributed by atoms with Crippen molar-refractivity contribution in [1.29, 1.82) is 0 Å². The van der Waals surface area contributed by atoms with Crippen LogP contribution < -0.4 is 9.47 Å². The number of aliphatic hydroxyl groups excluding tert-OH is 1. The number of hydrogen-bond acceptors (Lipinski definition) is 10. The minimum Gasteiger partial charge on any atom is -0.507 e. The van der Waals surface area contributed by atoms with E-state index in [1.807, 2.05) is 0 Å². The molecule has 0 bridgehead atoms. The number of aromatic hydroxyl groups is 6. The highest BCUT2D eigenvalue weighted by atomic mass is 16.5. The molecule has 3 aromatic carbocycles. The van der Waals surface area contributed by atoms with Crippen molar-refractivity contribution in [2.45, 2.75) is 18.6 Å². The van der Waals surface area contributed by atoms with Crippen LogP contribution in [-0.2, 0) is 6.42 Å². The lowest BCUT2D eigenvalue weighted by Gasteiger charge is -2.31. The van der Waals surface area contributed by atoms with E-state index in [4.69, 9.17) is 9.47 Å². The van der Waals surface area contributed by atoms with Crippen molar-refractivity contribution in [2.24, 2.45) is 0 Å². The summed E-state index contributed by atoms with van der Waals surface area (Å²) in [7, 11) is 0. The molecule has 3 aromatic rings. The molecule has 0 amide bonds. The van der Waals surface area contributed by atoms with E-state index in [9.17, 15) is 40.5 Å². The lowest BCUT2D eigenvalue weighted by atomic mass is 9.94. The van der Waals surface area contributed by atoms with E-state index in [0.717, 1.165) is 18.2 Å². The fourth-order valence-corrected chi connectivity index (χ4v) is 3.40. The lowest BCUT2D eigenvalue weighted by molar-refractivity contribution is 0.0196. The van der Waals surface area contributed by atoms with Crippen molar-refractivity contribution in [3.05, 3.63) is 59.2 Å². The van der Waals surface area contributed by atoms with Crippen molar-refractivity contribution >= 4 is 5.97 Å². The first-order chi connectivity index (χ1) is 15.1. The average molecular weight is 442 g/mol. The van der Waals surface area contributed by atoms with E-state index in [1.165, 1.54) is 24.3 Å². The molecule has 0 radical (unpaired) electrons. The highest BCUT2D eigenvalue weighted by molar-refractivity contribution is 5.92. The molecule has 166 valence electrons. The summed E-state index contributed by atoms with van der Waals surface area (Å²) in [4.78, 5) is 12.4. The smallest absolute Gasteiger partial charge is 0.343 e. The highest BCUT2D eigenvalue weighted by Crippen LogP contribution is 2.43. The summed E-state index contributed by atoms with van der Waals surface area (Å²) in [6.45, 7) is 0. The molecule has 10 nitrogen and oxygen atoms in total. The van der Waals surface area contributed by atoms with Gasteiger partial charge in [0.05, 0.1) is 11.7 Å². The van der Waals surface area contributed by atoms with E-state index in [0.29, 0.717) is 5.56 Å². The zero-order valence-corrected chi connectivity index (χ0v) is 16.3. The summed E-state index contributed by atoms with van der Waals surface area (Å²) >= 11 is 0. The van der Waals surface area contributed by atoms with Crippen LogP contribution in [0.5, 0.6) is 46.0 Å². The standard InChI is InChI=1S/C22H18O10/c23-13-2-1-9(3-15(13)25)21-18(28)8-12-14(24)6-11(7-19(12)32-21)31-22(30)10-4-16(26)20(29)17(27)5-10/h1-7,18,21,23-29H,8H2/t18?,21-/m1/s1. The molecule has 1 aliphatic heterocycles. The number of esters is 1. The fourth-order valence-electron chi connectivity index (χ4n) is 3.40. The fraction of sp³-hybridized carbons (Fsp3) is 0.136. The summed E-state index contributed by atoms with van der Waals surface area (Å²) in [5.74, 6) is -4.25. The first-order valence-electron chi connectivity index (χ1n) is 9.33. The minimum atomic E-state index is -1.08. The van der Waals surface area contributed by atoms with Crippen LogP contribution in [0.4, 0.5) is 0 Å². The summed E-state index contributed by atoms with van der Waals surface area (Å²) in [6, 6.07) is 8.19. The molecule has 0 saturated heterocycles. The van der Waals surface area contributed by atoms with Crippen LogP contribution in [-0.4, -0.2) is 47.8 Å². The highest BCUT2D eigenvalue weighted by Gasteiger charge is 2.33. The number of ether oxygens (including phenoxy) is 2. The molecule has 0 aromatic heterocycles. The van der Waals surface area contributed by atoms with Crippen molar-refractivity contribution in [3.63, 3.8) is 0 Å². The van der Waals surface area contributed by atoms with E-state index >= 15 is 0 Å². The average Bonchev–Trinajstić information content (AvgIpc) is 2.74. The predicted molar refractivity (Wildman–Crippen MR) is 107 cm³/mol. The number of carbonyl (C=O) groups excluding carboxylic acids is 1. The Balaban J connectivity index is 1.62. The molecule has 4 rings (SSSR count). The minimum absolute atomic E-state index is 0.00139. The van der Waals surface area contributed by atoms with Crippen molar-refractivity contribution in [1.82, 2.24) is 0 Å². The SMILES string of the molecule is O=C(Oc1cc(O)c2c(c1)O[C@H](c1ccc(O)c(O)c1)C(O)C2)c1cc(O)c(O)c(O)c1. The summed E-state index contributed by atoms with van der Waals surface area (Å²) in [5.41, 5.74) is 0.385. The third kappa shape index (κ3) is 3.74. The van der Waals surface area contributed by atoms with Crippen LogP contribution in [0.1, 0.15) is 27.6 Å². The Morgan fingerprint density at radius 1 is 0.844 bits per heavy atom. The Labute approximate surface area is 180 Å². The van der Waals surface area contributed by atoms with Crippen LogP contribution in [0.15, 0.2) is 42.5 Å². The first-order valence-corrected chi connectivity index (χ1v) is 9.33. The maximum Gasteiger partial charge on any atom is 0.343 e. The topological polar surface area (TPSA) is 177 Å². The number of fused-ring (bicyclic) bond motifs is 1. The van der Waals surface area contributed by atoms with Gasteiger partial charge in [0.2, 0.25) is 0 Å². The van der Waals surface area contributed by atoms with Crippen LogP contribution >= 0.6 is 0 Å². The Morgan fingerprint density at radius 3 is 2.19 bits per heavy atom. The Bertz CT molecular complexity index is 1200. The van der Waals surface area contributed by atoms with Gasteiger partial charge in [0.25, 0.3) is 0 Å². The second-order valence-corrected chi connectivity index (χ2v) is 7.23. The van der Waals surface area contributed by atoms with Gasteiger partial charge in [-0.3, -0.25) is 0 Å². The predicted octanol–water partition coefficient (Wildman–Crippen LogP) is 2.18. The summed E-state index contributed by atoms with van der Waals surface area (Å²) in [6.07, 6.45) is -2.01. The van der Waals surface area contributed by atoms with Crippen LogP contribution in [0.2, 0.25) is 0 Å². The van der Waals surface area contributed by atoms with Crippen molar-refractivity contribution in [2.75, 3.05) is 0 Å². The number of phenolic OH excluding ortho intramolecular Hbond substituents is 6. The van der Waals surface area contributed by atoms with Crippen molar-refractivity contribution < 1.29 is 50.0 Å². The van der Waals surface area contributed by atoms with Crippen LogP contribution in [0, 0.1) is 0 Å². The molecule has 0 spiro atoms. The van der Waals surface area contributed by atoms with Gasteiger partial charge in [-0.15, -0.1) is 0 Å². The molecule has 0 aliphatic carbocycles. The molecular formula is C22H18O10. The van der Waals surface area contributed by atoms with E-state index < -0.39 is 41.2 Å². The van der Waals surface area contributed by atoms with Gasteiger partial charge in [0.1, 0.15) is 23.4 Å². The second kappa shape index (κ2) is 7.75. The molecule has 2 atom stereocenters. The zero-order valence-electron chi connectivity index (χ0n) is 16.3. The van der Waals surface area contributed by atoms with E-state index in [2.05, 4.69) is 0 Å². The number of carbonyl (C=O) groups is 1. The number of aliphatic hydroxyl groups is 1. The van der Waals surface area contributed by atoms with Gasteiger partial charge in [-0.2, -0.15) is 0 Å². The first kappa shape index (κ1) is 20.9. The summed E-state index contributed by atoms with van der Waals surface area (Å²) in [5, 5.41) is 68.5. The molecule has 0 saturated carbocycles. The van der Waals surface area contributed by atoms with E-state index in [-0.39, 0.29) is 40.5 Å². The molecule has 10 heteroatoms. The molecule has 0 fully saturated rings. The third-order valence-electron chi connectivity index (χ3n) is 5.02. The number of phenols is 6. The van der Waals surface area contributed by atoms with Gasteiger partial charge in [0.15, 0.2) is 28.7 Å². The van der Waals surface area contributed by atoms with Gasteiger partial charge in [0, 0.05) is 24.1 Å². The van der Waals surface area contributed by atoms with E-state index in [1.54, 1.807) is 0 Å².